The highest BCUT2D eigenvalue weighted by Crippen LogP contribution is 2.20. The van der Waals surface area contributed by atoms with E-state index in [0.29, 0.717) is 0 Å². The molecule has 0 spiro atoms. The quantitative estimate of drug-likeness (QED) is 0.647. The Hall–Kier alpha value is -3.03. The Morgan fingerprint density at radius 1 is 1.38 bits per heavy atom. The highest BCUT2D eigenvalue weighted by Gasteiger charge is 2.20. The number of hydrogen-bond donors (Lipinski definition) is 2. The molecule has 1 aromatic heterocycles. The Bertz CT molecular complexity index is 688. The van der Waals surface area contributed by atoms with Gasteiger partial charge in [0.1, 0.15) is 23.4 Å². The van der Waals surface area contributed by atoms with E-state index >= 15 is 0 Å². The molecule has 0 saturated carbocycles. The minimum absolute atomic E-state index is 0.183. The van der Waals surface area contributed by atoms with Gasteiger partial charge in [0, 0.05) is 12.6 Å². The maximum atomic E-state index is 12.7. The van der Waals surface area contributed by atoms with Gasteiger partial charge in [0.15, 0.2) is 0 Å². The summed E-state index contributed by atoms with van der Waals surface area (Å²) in [5, 5.41) is 22.5. The second-order valence-corrected chi connectivity index (χ2v) is 4.13. The number of halogens is 1. The summed E-state index contributed by atoms with van der Waals surface area (Å²) in [4.78, 5) is 24.7. The van der Waals surface area contributed by atoms with Gasteiger partial charge in [-0.2, -0.15) is 0 Å². The van der Waals surface area contributed by atoms with Crippen molar-refractivity contribution in [2.75, 3.05) is 5.32 Å². The Balaban J connectivity index is 2.17. The summed E-state index contributed by atoms with van der Waals surface area (Å²) in [5.41, 5.74) is -0.264. The number of carboxylic acids is 1. The molecule has 0 aliphatic rings. The first-order chi connectivity index (χ1) is 9.97. The van der Waals surface area contributed by atoms with Crippen molar-refractivity contribution in [2.24, 2.45) is 0 Å². The summed E-state index contributed by atoms with van der Waals surface area (Å²) in [6, 6.07) is 6.80. The number of hydrogen-bond acceptors (Lipinski definition) is 5. The Morgan fingerprint density at radius 2 is 2.05 bits per heavy atom. The van der Waals surface area contributed by atoms with Crippen LogP contribution in [0.15, 0.2) is 36.5 Å². The maximum absolute atomic E-state index is 12.7. The predicted molar refractivity (Wildman–Crippen MR) is 71.6 cm³/mol. The molecule has 0 unspecified atom stereocenters. The van der Waals surface area contributed by atoms with Gasteiger partial charge in [-0.25, -0.2) is 14.2 Å². The normalized spacial score (nSPS) is 10.1. The molecule has 0 atom stereocenters. The maximum Gasteiger partial charge on any atom is 0.342 e. The van der Waals surface area contributed by atoms with Gasteiger partial charge in [0.05, 0.1) is 4.92 Å². The summed E-state index contributed by atoms with van der Waals surface area (Å²) < 4.78 is 12.7. The van der Waals surface area contributed by atoms with Crippen molar-refractivity contribution in [1.82, 2.24) is 4.98 Å². The number of pyridine rings is 1. The topological polar surface area (TPSA) is 105 Å². The van der Waals surface area contributed by atoms with Crippen molar-refractivity contribution in [3.05, 3.63) is 63.6 Å². The number of carboxylic acid groups (broad SMARTS) is 1. The molecule has 21 heavy (non-hydrogen) atoms. The first-order valence-corrected chi connectivity index (χ1v) is 5.83. The van der Waals surface area contributed by atoms with E-state index in [-0.39, 0.29) is 18.2 Å². The molecule has 1 aromatic carbocycles. The molecule has 0 fully saturated rings. The second-order valence-electron chi connectivity index (χ2n) is 4.13. The van der Waals surface area contributed by atoms with E-state index < -0.39 is 22.1 Å². The number of aromatic carboxylic acids is 1. The first kappa shape index (κ1) is 14.4. The third-order valence-corrected chi connectivity index (χ3v) is 2.70. The third kappa shape index (κ3) is 3.50. The molecule has 0 radical (unpaired) electrons. The number of nitrogens with zero attached hydrogens (tertiary/aromatic N) is 2. The van der Waals surface area contributed by atoms with Crippen LogP contribution in [0.5, 0.6) is 0 Å². The predicted octanol–water partition coefficient (Wildman–Crippen LogP) is 2.44. The van der Waals surface area contributed by atoms with Gasteiger partial charge in [0.2, 0.25) is 0 Å². The van der Waals surface area contributed by atoms with Crippen LogP contribution in [0.4, 0.5) is 15.9 Å². The SMILES string of the molecule is O=C(O)c1cc(NCc2ccc(F)cc2)ncc1[N+](=O)[O-]. The van der Waals surface area contributed by atoms with Crippen molar-refractivity contribution < 1.29 is 19.2 Å². The van der Waals surface area contributed by atoms with Crippen LogP contribution >= 0.6 is 0 Å². The number of benzene rings is 1. The molecule has 0 amide bonds. The van der Waals surface area contributed by atoms with Crippen molar-refractivity contribution in [3.8, 4) is 0 Å². The van der Waals surface area contributed by atoms with Crippen molar-refractivity contribution in [3.63, 3.8) is 0 Å². The number of aromatic nitrogens is 1. The Kier molecular flexibility index (Phi) is 4.07. The van der Waals surface area contributed by atoms with Gasteiger partial charge < -0.3 is 10.4 Å². The number of carbonyl (C=O) groups is 1. The average Bonchev–Trinajstić information content (AvgIpc) is 2.46. The van der Waals surface area contributed by atoms with Gasteiger partial charge in [-0.05, 0) is 17.7 Å². The Morgan fingerprint density at radius 3 is 2.62 bits per heavy atom. The highest BCUT2D eigenvalue weighted by molar-refractivity contribution is 5.93. The lowest BCUT2D eigenvalue weighted by atomic mass is 10.2. The van der Waals surface area contributed by atoms with Gasteiger partial charge in [0.25, 0.3) is 0 Å². The molecule has 0 aliphatic heterocycles. The van der Waals surface area contributed by atoms with Gasteiger partial charge in [-0.1, -0.05) is 12.1 Å². The molecule has 2 N–H and O–H groups in total. The lowest BCUT2D eigenvalue weighted by Crippen LogP contribution is -2.07. The van der Waals surface area contributed by atoms with Crippen LogP contribution in [0.1, 0.15) is 15.9 Å². The summed E-state index contributed by atoms with van der Waals surface area (Å²) in [5.74, 6) is -1.59. The molecule has 108 valence electrons. The smallest absolute Gasteiger partial charge is 0.342 e. The minimum atomic E-state index is -1.41. The zero-order valence-electron chi connectivity index (χ0n) is 10.6. The van der Waals surface area contributed by atoms with E-state index in [0.717, 1.165) is 17.8 Å². The van der Waals surface area contributed by atoms with E-state index in [1.54, 1.807) is 12.1 Å². The van der Waals surface area contributed by atoms with E-state index in [2.05, 4.69) is 10.3 Å². The summed E-state index contributed by atoms with van der Waals surface area (Å²) in [7, 11) is 0. The van der Waals surface area contributed by atoms with Gasteiger partial charge in [-0.15, -0.1) is 0 Å². The minimum Gasteiger partial charge on any atom is -0.477 e. The fourth-order valence-corrected chi connectivity index (χ4v) is 1.66. The van der Waals surface area contributed by atoms with Crippen LogP contribution in [0.25, 0.3) is 0 Å². The summed E-state index contributed by atoms with van der Waals surface area (Å²) in [6.07, 6.45) is 0.885. The molecule has 0 aliphatic carbocycles. The zero-order chi connectivity index (χ0) is 15.4. The number of rotatable bonds is 5. The number of anilines is 1. The zero-order valence-corrected chi connectivity index (χ0v) is 10.6. The summed E-state index contributed by atoms with van der Waals surface area (Å²) >= 11 is 0. The van der Waals surface area contributed by atoms with Gasteiger partial charge >= 0.3 is 11.7 Å². The largest absolute Gasteiger partial charge is 0.477 e. The monoisotopic (exact) mass is 291 g/mol. The molecule has 2 rings (SSSR count). The van der Waals surface area contributed by atoms with Crippen LogP contribution in [0, 0.1) is 15.9 Å². The van der Waals surface area contributed by atoms with Gasteiger partial charge in [-0.3, -0.25) is 10.1 Å². The fraction of sp³-hybridized carbons (Fsp3) is 0.0769. The standard InChI is InChI=1S/C13H10FN3O4/c14-9-3-1-8(2-4-9)6-15-12-5-10(13(18)19)11(7-16-12)17(20)21/h1-5,7H,6H2,(H,15,16)(H,18,19). The van der Waals surface area contributed by atoms with Crippen LogP contribution < -0.4 is 5.32 Å². The van der Waals surface area contributed by atoms with Crippen LogP contribution in [-0.2, 0) is 6.54 Å². The lowest BCUT2D eigenvalue weighted by Gasteiger charge is -2.06. The molecule has 1 heterocycles. The molecule has 8 heteroatoms. The fourth-order valence-electron chi connectivity index (χ4n) is 1.66. The van der Waals surface area contributed by atoms with E-state index in [4.69, 9.17) is 5.11 Å². The second kappa shape index (κ2) is 5.95. The van der Waals surface area contributed by atoms with E-state index in [9.17, 15) is 19.3 Å². The van der Waals surface area contributed by atoms with Crippen LogP contribution in [0.2, 0.25) is 0 Å². The molecule has 7 nitrogen and oxygen atoms in total. The lowest BCUT2D eigenvalue weighted by molar-refractivity contribution is -0.385. The third-order valence-electron chi connectivity index (χ3n) is 2.70. The average molecular weight is 291 g/mol. The highest BCUT2D eigenvalue weighted by atomic mass is 19.1. The van der Waals surface area contributed by atoms with Crippen LogP contribution in [-0.4, -0.2) is 21.0 Å². The molecule has 0 saturated heterocycles. The van der Waals surface area contributed by atoms with Crippen molar-refractivity contribution in [2.45, 2.75) is 6.54 Å². The number of nitro groups is 1. The first-order valence-electron chi connectivity index (χ1n) is 5.83. The molecular weight excluding hydrogens is 281 g/mol. The molecule has 2 aromatic rings. The Labute approximate surface area is 118 Å². The van der Waals surface area contributed by atoms with Crippen molar-refractivity contribution in [1.29, 1.82) is 0 Å². The summed E-state index contributed by atoms with van der Waals surface area (Å²) in [6.45, 7) is 0.282. The molecular formula is C13H10FN3O4. The van der Waals surface area contributed by atoms with E-state index in [1.165, 1.54) is 12.1 Å². The van der Waals surface area contributed by atoms with Crippen molar-refractivity contribution >= 4 is 17.5 Å². The van der Waals surface area contributed by atoms with Crippen LogP contribution in [0.3, 0.4) is 0 Å². The number of nitrogens with one attached hydrogen (secondary N) is 1. The molecule has 0 bridgehead atoms. The van der Waals surface area contributed by atoms with E-state index in [1.807, 2.05) is 0 Å².